The number of nitrogens with zero attached hydrogens (tertiary/aromatic N) is 2. The van der Waals surface area contributed by atoms with E-state index in [1.807, 2.05) is 25.1 Å². The van der Waals surface area contributed by atoms with Crippen molar-refractivity contribution >= 4 is 23.2 Å². The Labute approximate surface area is 175 Å². The van der Waals surface area contributed by atoms with Crippen molar-refractivity contribution in [2.75, 3.05) is 0 Å². The monoisotopic (exact) mass is 413 g/mol. The Kier molecular flexibility index (Phi) is 5.86. The molecule has 1 aliphatic carbocycles. The van der Waals surface area contributed by atoms with E-state index in [0.717, 1.165) is 24.1 Å². The number of carbonyl (C=O) groups is 1. The molecule has 1 aliphatic rings. The molecular weight excluding hydrogens is 389 g/mol. The van der Waals surface area contributed by atoms with Gasteiger partial charge in [-0.3, -0.25) is 9.20 Å². The predicted molar refractivity (Wildman–Crippen MR) is 113 cm³/mol. The summed E-state index contributed by atoms with van der Waals surface area (Å²) < 4.78 is 15.1. The largest absolute Gasteiger partial charge is 0.347 e. The van der Waals surface area contributed by atoms with Gasteiger partial charge in [-0.05, 0) is 61.3 Å². The molecule has 29 heavy (non-hydrogen) atoms. The fourth-order valence-electron chi connectivity index (χ4n) is 4.11. The van der Waals surface area contributed by atoms with Crippen LogP contribution in [0.3, 0.4) is 0 Å². The van der Waals surface area contributed by atoms with Crippen molar-refractivity contribution in [1.29, 1.82) is 0 Å². The summed E-state index contributed by atoms with van der Waals surface area (Å²) in [6.45, 7) is 2.42. The minimum Gasteiger partial charge on any atom is -0.347 e. The second-order valence-electron chi connectivity index (χ2n) is 7.71. The van der Waals surface area contributed by atoms with Crippen molar-refractivity contribution in [2.24, 2.45) is 0 Å². The van der Waals surface area contributed by atoms with Crippen LogP contribution < -0.4 is 5.32 Å². The maximum absolute atomic E-state index is 13.3. The highest BCUT2D eigenvalue weighted by molar-refractivity contribution is 6.30. The van der Waals surface area contributed by atoms with Crippen LogP contribution in [0.25, 0.3) is 5.65 Å². The van der Waals surface area contributed by atoms with Gasteiger partial charge in [0.25, 0.3) is 5.91 Å². The van der Waals surface area contributed by atoms with Gasteiger partial charge in [0.1, 0.15) is 17.5 Å². The quantitative estimate of drug-likeness (QED) is 0.602. The zero-order valence-corrected chi connectivity index (χ0v) is 17.3. The van der Waals surface area contributed by atoms with Crippen LogP contribution in [0.15, 0.2) is 42.6 Å². The van der Waals surface area contributed by atoms with E-state index in [2.05, 4.69) is 22.4 Å². The van der Waals surface area contributed by atoms with E-state index in [1.165, 1.54) is 5.56 Å². The highest BCUT2D eigenvalue weighted by Crippen LogP contribution is 2.34. The zero-order chi connectivity index (χ0) is 20.4. The van der Waals surface area contributed by atoms with E-state index in [1.54, 1.807) is 16.7 Å². The SMILES string of the molecule is CCc1nc2ccc(Cl)cn2c1C(=O)NCc1ccc(C2CCC(F)CC2)cc1. The van der Waals surface area contributed by atoms with Gasteiger partial charge in [0, 0.05) is 12.7 Å². The lowest BCUT2D eigenvalue weighted by Gasteiger charge is -2.24. The Morgan fingerprint density at radius 2 is 1.90 bits per heavy atom. The normalized spacial score (nSPS) is 19.4. The molecule has 0 bridgehead atoms. The summed E-state index contributed by atoms with van der Waals surface area (Å²) in [5.74, 6) is 0.280. The van der Waals surface area contributed by atoms with Crippen molar-refractivity contribution in [1.82, 2.24) is 14.7 Å². The summed E-state index contributed by atoms with van der Waals surface area (Å²) in [5, 5.41) is 3.56. The van der Waals surface area contributed by atoms with Crippen LogP contribution in [0.5, 0.6) is 0 Å². The molecule has 1 aromatic carbocycles. The van der Waals surface area contributed by atoms with Crippen LogP contribution >= 0.6 is 11.6 Å². The van der Waals surface area contributed by atoms with Crippen LogP contribution in [0.4, 0.5) is 4.39 Å². The van der Waals surface area contributed by atoms with Gasteiger partial charge >= 0.3 is 0 Å². The number of aromatic nitrogens is 2. The molecule has 0 radical (unpaired) electrons. The first-order chi connectivity index (χ1) is 14.0. The Balaban J connectivity index is 1.45. The number of benzene rings is 1. The van der Waals surface area contributed by atoms with Crippen LogP contribution in [-0.4, -0.2) is 21.5 Å². The third-order valence-electron chi connectivity index (χ3n) is 5.77. The van der Waals surface area contributed by atoms with Crippen molar-refractivity contribution in [3.63, 3.8) is 0 Å². The fourth-order valence-corrected chi connectivity index (χ4v) is 4.27. The molecule has 1 saturated carbocycles. The standard InChI is InChI=1S/C23H25ClFN3O/c1-2-20-22(28-14-18(24)9-12-21(28)27-20)23(29)26-13-15-3-5-16(6-4-15)17-7-10-19(25)11-8-17/h3-6,9,12,14,17,19H,2,7-8,10-11,13H2,1H3,(H,26,29). The lowest BCUT2D eigenvalue weighted by Crippen LogP contribution is -2.25. The number of pyridine rings is 1. The number of nitrogens with one attached hydrogen (secondary N) is 1. The van der Waals surface area contributed by atoms with E-state index in [9.17, 15) is 9.18 Å². The maximum atomic E-state index is 13.3. The summed E-state index contributed by atoms with van der Waals surface area (Å²) in [6, 6.07) is 11.9. The van der Waals surface area contributed by atoms with Crippen LogP contribution in [-0.2, 0) is 13.0 Å². The lowest BCUT2D eigenvalue weighted by molar-refractivity contribution is 0.0944. The average Bonchev–Trinajstić information content (AvgIpc) is 3.11. The number of fused-ring (bicyclic) bond motifs is 1. The predicted octanol–water partition coefficient (Wildman–Crippen LogP) is 5.48. The minimum absolute atomic E-state index is 0.165. The van der Waals surface area contributed by atoms with Crippen molar-refractivity contribution in [3.05, 3.63) is 70.1 Å². The second-order valence-corrected chi connectivity index (χ2v) is 8.15. The lowest BCUT2D eigenvalue weighted by atomic mass is 9.83. The Hall–Kier alpha value is -2.40. The van der Waals surface area contributed by atoms with E-state index >= 15 is 0 Å². The molecule has 4 rings (SSSR count). The number of hydrogen-bond acceptors (Lipinski definition) is 2. The molecule has 1 fully saturated rings. The van der Waals surface area contributed by atoms with Gasteiger partial charge in [-0.15, -0.1) is 0 Å². The summed E-state index contributed by atoms with van der Waals surface area (Å²) in [6.07, 6.45) is 4.89. The Morgan fingerprint density at radius 3 is 2.59 bits per heavy atom. The number of alkyl halides is 1. The zero-order valence-electron chi connectivity index (χ0n) is 16.5. The molecule has 0 unspecified atom stereocenters. The maximum Gasteiger partial charge on any atom is 0.270 e. The van der Waals surface area contributed by atoms with Gasteiger partial charge in [-0.2, -0.15) is 0 Å². The Morgan fingerprint density at radius 1 is 1.17 bits per heavy atom. The molecule has 2 heterocycles. The number of aryl methyl sites for hydroxylation is 1. The fraction of sp³-hybridized carbons (Fsp3) is 0.391. The molecule has 0 aliphatic heterocycles. The van der Waals surface area contributed by atoms with Crippen molar-refractivity contribution in [3.8, 4) is 0 Å². The van der Waals surface area contributed by atoms with Gasteiger partial charge in [-0.25, -0.2) is 9.37 Å². The molecule has 3 aromatic rings. The van der Waals surface area contributed by atoms with E-state index in [4.69, 9.17) is 11.6 Å². The second kappa shape index (κ2) is 8.54. The van der Waals surface area contributed by atoms with Crippen molar-refractivity contribution < 1.29 is 9.18 Å². The third-order valence-corrected chi connectivity index (χ3v) is 5.99. The molecule has 2 aromatic heterocycles. The first kappa shape index (κ1) is 19.9. The van der Waals surface area contributed by atoms with Crippen LogP contribution in [0, 0.1) is 0 Å². The number of carbonyl (C=O) groups excluding carboxylic acids is 1. The van der Waals surface area contributed by atoms with Crippen LogP contribution in [0.1, 0.15) is 65.8 Å². The summed E-state index contributed by atoms with van der Waals surface area (Å²) >= 11 is 6.11. The number of rotatable bonds is 5. The molecule has 6 heteroatoms. The van der Waals surface area contributed by atoms with Gasteiger partial charge in [0.15, 0.2) is 0 Å². The number of imidazole rings is 1. The molecule has 0 saturated heterocycles. The molecule has 1 N–H and O–H groups in total. The van der Waals surface area contributed by atoms with E-state index in [0.29, 0.717) is 48.1 Å². The van der Waals surface area contributed by atoms with E-state index in [-0.39, 0.29) is 5.91 Å². The summed E-state index contributed by atoms with van der Waals surface area (Å²) in [5.41, 5.74) is 4.29. The van der Waals surface area contributed by atoms with Crippen molar-refractivity contribution in [2.45, 2.75) is 57.7 Å². The van der Waals surface area contributed by atoms with Gasteiger partial charge in [0.05, 0.1) is 10.7 Å². The number of amides is 1. The van der Waals surface area contributed by atoms with Gasteiger partial charge in [-0.1, -0.05) is 42.8 Å². The average molecular weight is 414 g/mol. The summed E-state index contributed by atoms with van der Waals surface area (Å²) in [4.78, 5) is 17.4. The molecule has 0 spiro atoms. The molecular formula is C23H25ClFN3O. The van der Waals surface area contributed by atoms with E-state index < -0.39 is 6.17 Å². The van der Waals surface area contributed by atoms with Gasteiger partial charge < -0.3 is 5.32 Å². The number of halogens is 2. The molecule has 4 nitrogen and oxygen atoms in total. The Bertz CT molecular complexity index is 1010. The number of hydrogen-bond donors (Lipinski definition) is 1. The van der Waals surface area contributed by atoms with Gasteiger partial charge in [0.2, 0.25) is 0 Å². The topological polar surface area (TPSA) is 46.4 Å². The minimum atomic E-state index is -0.636. The highest BCUT2D eigenvalue weighted by Gasteiger charge is 2.22. The first-order valence-electron chi connectivity index (χ1n) is 10.2. The smallest absolute Gasteiger partial charge is 0.270 e. The molecule has 1 amide bonds. The first-order valence-corrected chi connectivity index (χ1v) is 10.6. The molecule has 152 valence electrons. The summed E-state index contributed by atoms with van der Waals surface area (Å²) in [7, 11) is 0. The third kappa shape index (κ3) is 4.30. The van der Waals surface area contributed by atoms with Crippen LogP contribution in [0.2, 0.25) is 5.02 Å². The molecule has 0 atom stereocenters. The highest BCUT2D eigenvalue weighted by atomic mass is 35.5.